The minimum atomic E-state index is -0.279. The summed E-state index contributed by atoms with van der Waals surface area (Å²) in [5.74, 6) is 0.942. The SMILES string of the molecule is Cc1c(C(=O)N(Cc2ccc(C(C)C)cc2)C2CC2)cnn1-c1ccc(=O)[nH]n1. The van der Waals surface area contributed by atoms with Crippen molar-refractivity contribution in [3.8, 4) is 5.82 Å². The van der Waals surface area contributed by atoms with Gasteiger partial charge in [-0.2, -0.15) is 10.2 Å². The molecule has 2 heterocycles. The Morgan fingerprint density at radius 3 is 2.52 bits per heavy atom. The van der Waals surface area contributed by atoms with E-state index in [-0.39, 0.29) is 17.5 Å². The molecule has 0 bridgehead atoms. The zero-order valence-corrected chi connectivity index (χ0v) is 16.9. The van der Waals surface area contributed by atoms with Crippen molar-refractivity contribution in [3.05, 3.63) is 75.3 Å². The lowest BCUT2D eigenvalue weighted by Gasteiger charge is -2.23. The monoisotopic (exact) mass is 391 g/mol. The number of carbonyl (C=O) groups excluding carboxylic acids is 1. The van der Waals surface area contributed by atoms with Gasteiger partial charge in [-0.3, -0.25) is 9.59 Å². The Morgan fingerprint density at radius 1 is 1.21 bits per heavy atom. The molecule has 2 aromatic heterocycles. The number of hydrogen-bond donors (Lipinski definition) is 1. The molecule has 0 spiro atoms. The van der Waals surface area contributed by atoms with Crippen molar-refractivity contribution >= 4 is 5.91 Å². The van der Waals surface area contributed by atoms with Crippen molar-refractivity contribution in [1.82, 2.24) is 24.9 Å². The zero-order chi connectivity index (χ0) is 20.5. The van der Waals surface area contributed by atoms with Gasteiger partial charge in [-0.25, -0.2) is 9.78 Å². The molecule has 3 aromatic rings. The third-order valence-corrected chi connectivity index (χ3v) is 5.37. The lowest BCUT2D eigenvalue weighted by molar-refractivity contribution is 0.0729. The Bertz CT molecular complexity index is 1060. The van der Waals surface area contributed by atoms with E-state index in [9.17, 15) is 9.59 Å². The van der Waals surface area contributed by atoms with Crippen LogP contribution in [0.1, 0.15) is 59.8 Å². The molecule has 1 saturated carbocycles. The third kappa shape index (κ3) is 3.99. The van der Waals surface area contributed by atoms with E-state index in [1.54, 1.807) is 16.9 Å². The van der Waals surface area contributed by atoms with E-state index in [1.807, 2.05) is 11.8 Å². The third-order valence-electron chi connectivity index (χ3n) is 5.37. The molecule has 0 radical (unpaired) electrons. The number of nitrogens with one attached hydrogen (secondary N) is 1. The van der Waals surface area contributed by atoms with Gasteiger partial charge in [0.05, 0.1) is 17.5 Å². The highest BCUT2D eigenvalue weighted by atomic mass is 16.2. The molecule has 4 rings (SSSR count). The van der Waals surface area contributed by atoms with Gasteiger partial charge in [0.1, 0.15) is 0 Å². The normalized spacial score (nSPS) is 13.7. The Balaban J connectivity index is 1.58. The fourth-order valence-electron chi connectivity index (χ4n) is 3.42. The average Bonchev–Trinajstić information content (AvgIpc) is 3.48. The van der Waals surface area contributed by atoms with Gasteiger partial charge in [0, 0.05) is 18.7 Å². The molecule has 1 amide bonds. The van der Waals surface area contributed by atoms with Crippen LogP contribution in [0.15, 0.2) is 47.4 Å². The molecular formula is C22H25N5O2. The first-order valence-corrected chi connectivity index (χ1v) is 9.94. The minimum absolute atomic E-state index is 0.0198. The van der Waals surface area contributed by atoms with Crippen molar-refractivity contribution in [3.63, 3.8) is 0 Å². The summed E-state index contributed by atoms with van der Waals surface area (Å²) in [5.41, 5.74) is 3.41. The summed E-state index contributed by atoms with van der Waals surface area (Å²) in [6.45, 7) is 6.78. The molecule has 0 aliphatic heterocycles. The number of rotatable bonds is 6. The molecule has 7 nitrogen and oxygen atoms in total. The van der Waals surface area contributed by atoms with Gasteiger partial charge in [-0.15, -0.1) is 0 Å². The maximum atomic E-state index is 13.3. The Kier molecular flexibility index (Phi) is 5.05. The maximum absolute atomic E-state index is 13.3. The van der Waals surface area contributed by atoms with Crippen molar-refractivity contribution in [2.24, 2.45) is 0 Å². The van der Waals surface area contributed by atoms with E-state index in [0.717, 1.165) is 18.4 Å². The van der Waals surface area contributed by atoms with Crippen LogP contribution in [0.4, 0.5) is 0 Å². The highest BCUT2D eigenvalue weighted by molar-refractivity contribution is 5.95. The van der Waals surface area contributed by atoms with Gasteiger partial charge in [0.25, 0.3) is 11.5 Å². The number of nitrogens with zero attached hydrogens (tertiary/aromatic N) is 4. The second-order valence-corrected chi connectivity index (χ2v) is 7.90. The topological polar surface area (TPSA) is 83.9 Å². The minimum Gasteiger partial charge on any atom is -0.331 e. The molecule has 150 valence electrons. The van der Waals surface area contributed by atoms with Crippen molar-refractivity contribution in [2.75, 3.05) is 0 Å². The van der Waals surface area contributed by atoms with Crippen LogP contribution in [-0.2, 0) is 6.54 Å². The summed E-state index contributed by atoms with van der Waals surface area (Å²) in [4.78, 5) is 26.5. The van der Waals surface area contributed by atoms with Gasteiger partial charge in [0.15, 0.2) is 5.82 Å². The first-order valence-electron chi connectivity index (χ1n) is 9.94. The molecule has 0 saturated heterocycles. The predicted molar refractivity (Wildman–Crippen MR) is 110 cm³/mol. The van der Waals surface area contributed by atoms with Crippen LogP contribution in [0.2, 0.25) is 0 Å². The van der Waals surface area contributed by atoms with Gasteiger partial charge in [-0.1, -0.05) is 38.1 Å². The van der Waals surface area contributed by atoms with Crippen LogP contribution in [0.3, 0.4) is 0 Å². The summed E-state index contributed by atoms with van der Waals surface area (Å²) >= 11 is 0. The first-order chi connectivity index (χ1) is 13.9. The molecule has 1 aliphatic carbocycles. The van der Waals surface area contributed by atoms with E-state index in [2.05, 4.69) is 53.4 Å². The number of carbonyl (C=O) groups is 1. The van der Waals surface area contributed by atoms with E-state index < -0.39 is 0 Å². The fraction of sp³-hybridized carbons (Fsp3) is 0.364. The van der Waals surface area contributed by atoms with Crippen LogP contribution in [-0.4, -0.2) is 36.8 Å². The van der Waals surface area contributed by atoms with E-state index in [1.165, 1.54) is 11.6 Å². The smallest absolute Gasteiger partial charge is 0.264 e. The fourth-order valence-corrected chi connectivity index (χ4v) is 3.42. The lowest BCUT2D eigenvalue weighted by Crippen LogP contribution is -2.33. The summed E-state index contributed by atoms with van der Waals surface area (Å²) in [7, 11) is 0. The lowest BCUT2D eigenvalue weighted by atomic mass is 10.0. The van der Waals surface area contributed by atoms with Gasteiger partial charge < -0.3 is 4.90 Å². The quantitative estimate of drug-likeness (QED) is 0.699. The molecule has 0 unspecified atom stereocenters. The van der Waals surface area contributed by atoms with Gasteiger partial charge >= 0.3 is 0 Å². The molecular weight excluding hydrogens is 366 g/mol. The molecule has 1 aromatic carbocycles. The molecule has 7 heteroatoms. The number of aromatic nitrogens is 4. The maximum Gasteiger partial charge on any atom is 0.264 e. The van der Waals surface area contributed by atoms with Gasteiger partial charge in [0.2, 0.25) is 0 Å². The second kappa shape index (κ2) is 7.66. The second-order valence-electron chi connectivity index (χ2n) is 7.90. The molecule has 1 aliphatic rings. The first kappa shape index (κ1) is 19.1. The van der Waals surface area contributed by atoms with Crippen LogP contribution >= 0.6 is 0 Å². The summed E-state index contributed by atoms with van der Waals surface area (Å²) in [5, 5.41) is 10.7. The number of amides is 1. The van der Waals surface area contributed by atoms with Crippen LogP contribution in [0.25, 0.3) is 5.82 Å². The van der Waals surface area contributed by atoms with Crippen LogP contribution < -0.4 is 5.56 Å². The Labute approximate surface area is 169 Å². The largest absolute Gasteiger partial charge is 0.331 e. The van der Waals surface area contributed by atoms with Crippen LogP contribution in [0, 0.1) is 6.92 Å². The summed E-state index contributed by atoms with van der Waals surface area (Å²) in [6, 6.07) is 11.8. The van der Waals surface area contributed by atoms with Crippen molar-refractivity contribution < 1.29 is 4.79 Å². The van der Waals surface area contributed by atoms with E-state index >= 15 is 0 Å². The number of aromatic amines is 1. The molecule has 1 N–H and O–H groups in total. The molecule has 0 atom stereocenters. The summed E-state index contributed by atoms with van der Waals surface area (Å²) < 4.78 is 1.58. The molecule has 1 fully saturated rings. The average molecular weight is 391 g/mol. The van der Waals surface area contributed by atoms with Crippen molar-refractivity contribution in [1.29, 1.82) is 0 Å². The highest BCUT2D eigenvalue weighted by Crippen LogP contribution is 2.31. The Hall–Kier alpha value is -3.22. The van der Waals surface area contributed by atoms with Crippen LogP contribution in [0.5, 0.6) is 0 Å². The zero-order valence-electron chi connectivity index (χ0n) is 16.9. The molecule has 29 heavy (non-hydrogen) atoms. The Morgan fingerprint density at radius 2 is 1.93 bits per heavy atom. The summed E-state index contributed by atoms with van der Waals surface area (Å²) in [6.07, 6.45) is 3.65. The number of benzene rings is 1. The van der Waals surface area contributed by atoms with Crippen molar-refractivity contribution in [2.45, 2.75) is 52.1 Å². The van der Waals surface area contributed by atoms with E-state index in [0.29, 0.717) is 29.5 Å². The highest BCUT2D eigenvalue weighted by Gasteiger charge is 2.34. The van der Waals surface area contributed by atoms with Gasteiger partial charge in [-0.05, 0) is 42.9 Å². The predicted octanol–water partition coefficient (Wildman–Crippen LogP) is 3.19. The number of hydrogen-bond acceptors (Lipinski definition) is 4. The van der Waals surface area contributed by atoms with E-state index in [4.69, 9.17) is 0 Å². The standard InChI is InChI=1S/C22H25N5O2/c1-14(2)17-6-4-16(5-7-17)13-26(18-8-9-18)22(29)19-12-23-27(15(19)3)20-10-11-21(28)25-24-20/h4-7,10-12,14,18H,8-9,13H2,1-3H3,(H,25,28). The number of H-pyrrole nitrogens is 1.